The van der Waals surface area contributed by atoms with E-state index in [9.17, 15) is 0 Å². The molecule has 7 heteroatoms. The minimum Gasteiger partial charge on any atom is -0.370 e. The largest absolute Gasteiger partial charge is 0.370 e. The van der Waals surface area contributed by atoms with Gasteiger partial charge in [-0.1, -0.05) is 0 Å². The molecule has 0 radical (unpaired) electrons. The maximum absolute atomic E-state index is 7.82. The number of guanidine groups is 2. The number of hydrogen-bond acceptors (Lipinski definition) is 4. The molecule has 0 heterocycles. The van der Waals surface area contributed by atoms with E-state index in [-0.39, 0.29) is 11.9 Å². The summed E-state index contributed by atoms with van der Waals surface area (Å²) < 4.78 is 0. The van der Waals surface area contributed by atoms with Gasteiger partial charge in [0.05, 0.1) is 0 Å². The molecule has 0 aliphatic rings. The number of hydrogen-bond donors (Lipinski definition) is 4. The lowest BCUT2D eigenvalue weighted by atomic mass is 10.4. The molecule has 0 amide bonds. The second kappa shape index (κ2) is 7.86. The molecule has 0 fully saturated rings. The van der Waals surface area contributed by atoms with Crippen LogP contribution in [-0.4, -0.2) is 81.0 Å². The zero-order chi connectivity index (χ0) is 13.4. The topological polar surface area (TPSA) is 95.5 Å². The second-order valence-corrected chi connectivity index (χ2v) is 4.48. The average molecular weight is 243 g/mol. The first-order chi connectivity index (χ1) is 7.82. The minimum atomic E-state index is -0.199. The summed E-state index contributed by atoms with van der Waals surface area (Å²) in [6.07, 6.45) is 0. The fourth-order valence-electron chi connectivity index (χ4n) is 1.18. The molecule has 17 heavy (non-hydrogen) atoms. The molecule has 0 saturated carbocycles. The molecule has 100 valence electrons. The van der Waals surface area contributed by atoms with Gasteiger partial charge in [0.1, 0.15) is 0 Å². The van der Waals surface area contributed by atoms with Crippen molar-refractivity contribution in [3.8, 4) is 0 Å². The van der Waals surface area contributed by atoms with Gasteiger partial charge < -0.3 is 20.4 Å². The van der Waals surface area contributed by atoms with Crippen LogP contribution in [0.5, 0.6) is 0 Å². The SMILES string of the molecule is CN(C)CCN(CCN(C)C)C(=N)NC(=N)N. The highest BCUT2D eigenvalue weighted by Crippen LogP contribution is 1.91. The first-order valence-electron chi connectivity index (χ1n) is 5.57. The maximum atomic E-state index is 7.82. The van der Waals surface area contributed by atoms with Crippen LogP contribution in [0.2, 0.25) is 0 Å². The van der Waals surface area contributed by atoms with Gasteiger partial charge in [0, 0.05) is 26.2 Å². The number of nitrogens with zero attached hydrogens (tertiary/aromatic N) is 3. The van der Waals surface area contributed by atoms with Gasteiger partial charge in [-0.2, -0.15) is 0 Å². The Morgan fingerprint density at radius 3 is 1.65 bits per heavy atom. The Morgan fingerprint density at radius 2 is 1.35 bits per heavy atom. The molecule has 0 aromatic heterocycles. The van der Waals surface area contributed by atoms with Crippen LogP contribution in [0.25, 0.3) is 0 Å². The van der Waals surface area contributed by atoms with Crippen LogP contribution in [0.1, 0.15) is 0 Å². The standard InChI is InChI=1S/C10H25N7/c1-15(2)5-7-17(8-6-16(3)4)10(13)14-9(11)12/h5-8H2,1-4H3,(H5,11,12,13,14). The van der Waals surface area contributed by atoms with Crippen molar-refractivity contribution in [3.63, 3.8) is 0 Å². The Hall–Kier alpha value is -1.34. The molecular formula is C10H25N7. The van der Waals surface area contributed by atoms with E-state index in [0.29, 0.717) is 0 Å². The zero-order valence-corrected chi connectivity index (χ0v) is 11.2. The summed E-state index contributed by atoms with van der Waals surface area (Å²) >= 11 is 0. The van der Waals surface area contributed by atoms with Crippen LogP contribution in [0.4, 0.5) is 0 Å². The van der Waals surface area contributed by atoms with E-state index in [1.807, 2.05) is 33.1 Å². The van der Waals surface area contributed by atoms with E-state index in [4.69, 9.17) is 16.6 Å². The van der Waals surface area contributed by atoms with Gasteiger partial charge in [-0.05, 0) is 28.2 Å². The van der Waals surface area contributed by atoms with E-state index in [0.717, 1.165) is 26.2 Å². The lowest BCUT2D eigenvalue weighted by Gasteiger charge is -2.27. The molecule has 7 nitrogen and oxygen atoms in total. The Bertz CT molecular complexity index is 237. The van der Waals surface area contributed by atoms with E-state index >= 15 is 0 Å². The van der Waals surface area contributed by atoms with Crippen molar-refractivity contribution in [2.24, 2.45) is 5.73 Å². The quantitative estimate of drug-likeness (QED) is 0.348. The second-order valence-electron chi connectivity index (χ2n) is 4.48. The number of rotatable bonds is 6. The third kappa shape index (κ3) is 8.47. The summed E-state index contributed by atoms with van der Waals surface area (Å²) in [4.78, 5) is 5.99. The predicted molar refractivity (Wildman–Crippen MR) is 71.5 cm³/mol. The lowest BCUT2D eigenvalue weighted by Crippen LogP contribution is -2.49. The molecule has 0 spiro atoms. The highest BCUT2D eigenvalue weighted by Gasteiger charge is 2.10. The summed E-state index contributed by atoms with van der Waals surface area (Å²) in [5, 5.41) is 17.5. The monoisotopic (exact) mass is 243 g/mol. The molecular weight excluding hydrogens is 218 g/mol. The molecule has 0 aliphatic carbocycles. The van der Waals surface area contributed by atoms with Crippen LogP contribution in [0.15, 0.2) is 0 Å². The van der Waals surface area contributed by atoms with E-state index in [1.54, 1.807) is 0 Å². The van der Waals surface area contributed by atoms with Crippen molar-refractivity contribution >= 4 is 11.9 Å². The highest BCUT2D eigenvalue weighted by molar-refractivity contribution is 5.94. The number of nitrogens with one attached hydrogen (secondary N) is 3. The zero-order valence-electron chi connectivity index (χ0n) is 11.2. The first-order valence-corrected chi connectivity index (χ1v) is 5.57. The highest BCUT2D eigenvalue weighted by atomic mass is 15.3. The third-order valence-electron chi connectivity index (χ3n) is 2.20. The molecule has 0 rings (SSSR count). The van der Waals surface area contributed by atoms with Gasteiger partial charge in [0.2, 0.25) is 0 Å². The van der Waals surface area contributed by atoms with Crippen LogP contribution in [0.3, 0.4) is 0 Å². The Kier molecular flexibility index (Phi) is 7.24. The molecule has 5 N–H and O–H groups in total. The fraction of sp³-hybridized carbons (Fsp3) is 0.800. The number of likely N-dealkylation sites (N-methyl/N-ethyl adjacent to an activating group) is 2. The first kappa shape index (κ1) is 15.7. The Morgan fingerprint density at radius 1 is 0.941 bits per heavy atom. The van der Waals surface area contributed by atoms with Crippen molar-refractivity contribution in [3.05, 3.63) is 0 Å². The Balaban J connectivity index is 4.27. The maximum Gasteiger partial charge on any atom is 0.197 e. The average Bonchev–Trinajstić information content (AvgIpc) is 2.15. The molecule has 0 bridgehead atoms. The van der Waals surface area contributed by atoms with Gasteiger partial charge in [0.25, 0.3) is 0 Å². The summed E-state index contributed by atoms with van der Waals surface area (Å²) in [5.41, 5.74) is 5.23. The van der Waals surface area contributed by atoms with Gasteiger partial charge >= 0.3 is 0 Å². The Labute approximate surface area is 104 Å². The summed E-state index contributed by atoms with van der Waals surface area (Å²) in [5.74, 6) is -0.0177. The van der Waals surface area contributed by atoms with Gasteiger partial charge in [-0.15, -0.1) is 0 Å². The molecule has 0 aromatic carbocycles. The van der Waals surface area contributed by atoms with Gasteiger partial charge in [-0.25, -0.2) is 0 Å². The van der Waals surface area contributed by atoms with E-state index < -0.39 is 0 Å². The summed E-state index contributed by atoms with van der Waals surface area (Å²) in [7, 11) is 7.97. The van der Waals surface area contributed by atoms with Crippen molar-refractivity contribution < 1.29 is 0 Å². The van der Waals surface area contributed by atoms with Crippen molar-refractivity contribution in [1.82, 2.24) is 20.0 Å². The van der Waals surface area contributed by atoms with Crippen molar-refractivity contribution in [1.29, 1.82) is 10.8 Å². The van der Waals surface area contributed by atoms with Gasteiger partial charge in [-0.3, -0.25) is 16.1 Å². The molecule has 0 aromatic rings. The molecule has 0 unspecified atom stereocenters. The number of nitrogens with two attached hydrogens (primary N) is 1. The van der Waals surface area contributed by atoms with Crippen LogP contribution in [-0.2, 0) is 0 Å². The lowest BCUT2D eigenvalue weighted by molar-refractivity contribution is 0.291. The van der Waals surface area contributed by atoms with E-state index in [1.165, 1.54) is 0 Å². The van der Waals surface area contributed by atoms with E-state index in [2.05, 4.69) is 15.1 Å². The van der Waals surface area contributed by atoms with Crippen LogP contribution in [0, 0.1) is 10.8 Å². The third-order valence-corrected chi connectivity index (χ3v) is 2.20. The smallest absolute Gasteiger partial charge is 0.197 e. The van der Waals surface area contributed by atoms with Crippen molar-refractivity contribution in [2.45, 2.75) is 0 Å². The summed E-state index contributed by atoms with van der Waals surface area (Å²) in [6, 6.07) is 0. The molecule has 0 aliphatic heterocycles. The van der Waals surface area contributed by atoms with Crippen LogP contribution < -0.4 is 11.1 Å². The van der Waals surface area contributed by atoms with Gasteiger partial charge in [0.15, 0.2) is 11.9 Å². The molecule has 0 atom stereocenters. The normalized spacial score (nSPS) is 10.7. The fourth-order valence-corrected chi connectivity index (χ4v) is 1.18. The van der Waals surface area contributed by atoms with Crippen molar-refractivity contribution in [2.75, 3.05) is 54.4 Å². The minimum absolute atomic E-state index is 0.182. The molecule has 0 saturated heterocycles. The summed E-state index contributed by atoms with van der Waals surface area (Å²) in [6.45, 7) is 3.19. The predicted octanol–water partition coefficient (Wildman–Crippen LogP) is -1.17. The van der Waals surface area contributed by atoms with Crippen LogP contribution >= 0.6 is 0 Å².